The van der Waals surface area contributed by atoms with Crippen molar-refractivity contribution < 1.29 is 23.9 Å². The van der Waals surface area contributed by atoms with Crippen LogP contribution in [-0.2, 0) is 9.59 Å². The van der Waals surface area contributed by atoms with Gasteiger partial charge in [0.25, 0.3) is 5.91 Å². The lowest BCUT2D eigenvalue weighted by atomic mass is 10.1. The Morgan fingerprint density at radius 1 is 1.28 bits per heavy atom. The third-order valence-corrected chi connectivity index (χ3v) is 4.56. The summed E-state index contributed by atoms with van der Waals surface area (Å²) in [6, 6.07) is 4.51. The average molecular weight is 350 g/mol. The van der Waals surface area contributed by atoms with Crippen molar-refractivity contribution in [1.29, 1.82) is 0 Å². The summed E-state index contributed by atoms with van der Waals surface area (Å²) < 4.78 is 14.2. The molecule has 0 aliphatic carbocycles. The van der Waals surface area contributed by atoms with E-state index in [2.05, 4.69) is 0 Å². The minimum atomic E-state index is -1.06. The molecule has 0 aromatic heterocycles. The van der Waals surface area contributed by atoms with E-state index < -0.39 is 11.8 Å². The van der Waals surface area contributed by atoms with E-state index in [1.165, 1.54) is 17.9 Å². The van der Waals surface area contributed by atoms with E-state index >= 15 is 0 Å². The Bertz CT molecular complexity index is 677. The van der Waals surface area contributed by atoms with Gasteiger partial charge in [0, 0.05) is 26.1 Å². The van der Waals surface area contributed by atoms with Gasteiger partial charge in [-0.05, 0) is 37.8 Å². The molecule has 0 spiro atoms. The van der Waals surface area contributed by atoms with E-state index in [1.54, 1.807) is 24.0 Å². The smallest absolute Gasteiger partial charge is 0.323 e. The monoisotopic (exact) mass is 350 g/mol. The number of carboxylic acid groups (broad SMARTS) is 1. The van der Waals surface area contributed by atoms with E-state index in [4.69, 9.17) is 5.11 Å². The van der Waals surface area contributed by atoms with Crippen molar-refractivity contribution >= 4 is 17.8 Å². The maximum Gasteiger partial charge on any atom is 0.323 e. The van der Waals surface area contributed by atoms with Crippen LogP contribution in [0.25, 0.3) is 0 Å². The predicted octanol–water partition coefficient (Wildman–Crippen LogP) is 2.06. The van der Waals surface area contributed by atoms with Crippen molar-refractivity contribution in [1.82, 2.24) is 9.80 Å². The maximum atomic E-state index is 14.2. The molecule has 1 saturated heterocycles. The number of aryl methyl sites for hydroxylation is 1. The quantitative estimate of drug-likeness (QED) is 0.902. The number of hydrogen-bond donors (Lipinski definition) is 1. The summed E-state index contributed by atoms with van der Waals surface area (Å²) in [7, 11) is 0. The van der Waals surface area contributed by atoms with Crippen LogP contribution in [0.2, 0.25) is 0 Å². The van der Waals surface area contributed by atoms with Crippen molar-refractivity contribution in [2.45, 2.75) is 39.2 Å². The Balaban J connectivity index is 2.10. The lowest BCUT2D eigenvalue weighted by Crippen LogP contribution is -2.43. The highest BCUT2D eigenvalue weighted by Gasteiger charge is 2.28. The highest BCUT2D eigenvalue weighted by atomic mass is 19.1. The topological polar surface area (TPSA) is 77.9 Å². The molecule has 2 rings (SSSR count). The molecule has 1 fully saturated rings. The van der Waals surface area contributed by atoms with E-state index in [0.29, 0.717) is 37.9 Å². The summed E-state index contributed by atoms with van der Waals surface area (Å²) in [6.45, 7) is 3.43. The van der Waals surface area contributed by atoms with Crippen LogP contribution < -0.4 is 0 Å². The van der Waals surface area contributed by atoms with Gasteiger partial charge in [-0.15, -0.1) is 0 Å². The second-order valence-corrected chi connectivity index (χ2v) is 6.35. The minimum Gasteiger partial charge on any atom is -0.480 e. The highest BCUT2D eigenvalue weighted by molar-refractivity contribution is 5.94. The van der Waals surface area contributed by atoms with Crippen LogP contribution in [0.5, 0.6) is 0 Å². The second-order valence-electron chi connectivity index (χ2n) is 6.35. The van der Waals surface area contributed by atoms with Gasteiger partial charge in [0.1, 0.15) is 12.4 Å². The van der Waals surface area contributed by atoms with Gasteiger partial charge in [0.05, 0.1) is 5.56 Å². The van der Waals surface area contributed by atoms with Crippen LogP contribution in [0.15, 0.2) is 18.2 Å². The molecule has 1 heterocycles. The van der Waals surface area contributed by atoms with Crippen molar-refractivity contribution in [2.75, 3.05) is 19.6 Å². The van der Waals surface area contributed by atoms with Crippen LogP contribution in [0.3, 0.4) is 0 Å². The maximum absolute atomic E-state index is 14.2. The first-order chi connectivity index (χ1) is 11.8. The Morgan fingerprint density at radius 3 is 2.64 bits per heavy atom. The second kappa shape index (κ2) is 8.09. The molecule has 1 aromatic rings. The fourth-order valence-electron chi connectivity index (χ4n) is 3.22. The molecule has 0 saturated carbocycles. The minimum absolute atomic E-state index is 0.0485. The first-order valence-corrected chi connectivity index (χ1v) is 8.34. The van der Waals surface area contributed by atoms with Crippen molar-refractivity contribution in [3.63, 3.8) is 0 Å². The molecule has 1 aromatic carbocycles. The number of aliphatic carboxylic acids is 1. The number of carbonyl (C=O) groups excluding carboxylic acids is 2. The molecular formula is C18H23FN2O4. The van der Waals surface area contributed by atoms with Crippen LogP contribution in [0, 0.1) is 12.7 Å². The molecule has 7 heteroatoms. The highest BCUT2D eigenvalue weighted by Crippen LogP contribution is 2.20. The molecule has 1 N–H and O–H groups in total. The number of amides is 2. The van der Waals surface area contributed by atoms with Gasteiger partial charge >= 0.3 is 5.97 Å². The molecule has 6 nitrogen and oxygen atoms in total. The summed E-state index contributed by atoms with van der Waals surface area (Å²) in [6.07, 6.45) is 1.73. The average Bonchev–Trinajstić information content (AvgIpc) is 2.80. The number of nitrogens with zero attached hydrogens (tertiary/aromatic N) is 2. The first-order valence-electron chi connectivity index (χ1n) is 8.34. The van der Waals surface area contributed by atoms with Gasteiger partial charge in [0.2, 0.25) is 5.91 Å². The molecule has 1 atom stereocenters. The SMILES string of the molecule is CC(=O)N(CC(=O)O)C1CCCN(C(=O)c2cccc(C)c2F)CC1. The van der Waals surface area contributed by atoms with Crippen molar-refractivity contribution in [3.8, 4) is 0 Å². The lowest BCUT2D eigenvalue weighted by Gasteiger charge is -2.29. The van der Waals surface area contributed by atoms with E-state index in [0.717, 1.165) is 0 Å². The molecule has 2 amide bonds. The van der Waals surface area contributed by atoms with E-state index in [-0.39, 0.29) is 30.0 Å². The Morgan fingerprint density at radius 2 is 2.00 bits per heavy atom. The number of carboxylic acids is 1. The molecule has 1 aliphatic heterocycles. The van der Waals surface area contributed by atoms with Gasteiger partial charge in [-0.3, -0.25) is 14.4 Å². The number of likely N-dealkylation sites (tertiary alicyclic amines) is 1. The Kier molecular flexibility index (Phi) is 6.12. The van der Waals surface area contributed by atoms with Crippen molar-refractivity contribution in [3.05, 3.63) is 35.1 Å². The summed E-state index contributed by atoms with van der Waals surface area (Å²) >= 11 is 0. The van der Waals surface area contributed by atoms with E-state index in [1.807, 2.05) is 0 Å². The normalized spacial score (nSPS) is 17.7. The Hall–Kier alpha value is -2.44. The van der Waals surface area contributed by atoms with Gasteiger partial charge in [-0.1, -0.05) is 12.1 Å². The molecule has 1 aliphatic rings. The molecule has 0 bridgehead atoms. The summed E-state index contributed by atoms with van der Waals surface area (Å²) in [4.78, 5) is 38.3. The fraction of sp³-hybridized carbons (Fsp3) is 0.500. The van der Waals surface area contributed by atoms with Gasteiger partial charge in [-0.25, -0.2) is 4.39 Å². The number of halogens is 1. The van der Waals surface area contributed by atoms with Crippen LogP contribution in [-0.4, -0.2) is 58.4 Å². The fourth-order valence-corrected chi connectivity index (χ4v) is 3.22. The third-order valence-electron chi connectivity index (χ3n) is 4.56. The predicted molar refractivity (Wildman–Crippen MR) is 89.7 cm³/mol. The van der Waals surface area contributed by atoms with Crippen LogP contribution in [0.4, 0.5) is 4.39 Å². The molecular weight excluding hydrogens is 327 g/mol. The van der Waals surface area contributed by atoms with Gasteiger partial charge in [-0.2, -0.15) is 0 Å². The third kappa shape index (κ3) is 4.55. The number of carbonyl (C=O) groups is 3. The van der Waals surface area contributed by atoms with Crippen LogP contribution >= 0.6 is 0 Å². The zero-order chi connectivity index (χ0) is 18.6. The van der Waals surface area contributed by atoms with Gasteiger partial charge in [0.15, 0.2) is 0 Å². The Labute approximate surface area is 146 Å². The number of benzene rings is 1. The molecule has 1 unspecified atom stereocenters. The van der Waals surface area contributed by atoms with Gasteiger partial charge < -0.3 is 14.9 Å². The standard InChI is InChI=1S/C18H23FN2O4/c1-12-5-3-7-15(17(12)19)18(25)20-9-4-6-14(8-10-20)21(13(2)22)11-16(23)24/h3,5,7,14H,4,6,8-11H2,1-2H3,(H,23,24). The molecule has 136 valence electrons. The van der Waals surface area contributed by atoms with Crippen molar-refractivity contribution in [2.24, 2.45) is 0 Å². The molecule has 25 heavy (non-hydrogen) atoms. The first kappa shape index (κ1) is 18.9. The molecule has 0 radical (unpaired) electrons. The number of hydrogen-bond acceptors (Lipinski definition) is 3. The largest absolute Gasteiger partial charge is 0.480 e. The number of rotatable bonds is 4. The summed E-state index contributed by atoms with van der Waals surface area (Å²) in [5.74, 6) is -2.23. The zero-order valence-corrected chi connectivity index (χ0v) is 14.5. The van der Waals surface area contributed by atoms with Crippen LogP contribution in [0.1, 0.15) is 42.1 Å². The zero-order valence-electron chi connectivity index (χ0n) is 14.5. The van der Waals surface area contributed by atoms with E-state index in [9.17, 15) is 18.8 Å². The summed E-state index contributed by atoms with van der Waals surface area (Å²) in [5, 5.41) is 8.98. The summed E-state index contributed by atoms with van der Waals surface area (Å²) in [5.41, 5.74) is 0.468. The lowest BCUT2D eigenvalue weighted by molar-refractivity contribution is -0.145.